The maximum absolute atomic E-state index is 14.7. The van der Waals surface area contributed by atoms with Crippen molar-refractivity contribution in [3.05, 3.63) is 125 Å². The van der Waals surface area contributed by atoms with E-state index in [1.807, 2.05) is 81.4 Å². The molecule has 3 aromatic carbocycles. The maximum atomic E-state index is 14.7. The van der Waals surface area contributed by atoms with Gasteiger partial charge in [0.25, 0.3) is 0 Å². The Hall–Kier alpha value is -4.17. The van der Waals surface area contributed by atoms with Crippen molar-refractivity contribution < 1.29 is 46.8 Å². The molecule has 9 fully saturated rings. The first-order valence-electron chi connectivity index (χ1n) is 43.1. The van der Waals surface area contributed by atoms with Crippen LogP contribution < -0.4 is 0 Å². The summed E-state index contributed by atoms with van der Waals surface area (Å²) in [5.74, 6) is 4.15. The van der Waals surface area contributed by atoms with Crippen molar-refractivity contribution in [2.45, 2.75) is 291 Å². The molecule has 3 saturated heterocycles. The summed E-state index contributed by atoms with van der Waals surface area (Å²) in [5.41, 5.74) is 5.83. The third kappa shape index (κ3) is 13.3. The van der Waals surface area contributed by atoms with Crippen LogP contribution in [0.25, 0.3) is 0 Å². The molecule has 12 heteroatoms. The van der Waals surface area contributed by atoms with Crippen LogP contribution in [0.5, 0.6) is 0 Å². The maximum Gasteiger partial charge on any atom is 0.310 e. The molecule has 11 nitrogen and oxygen atoms in total. The van der Waals surface area contributed by atoms with Crippen LogP contribution in [0.3, 0.4) is 0 Å². The number of fused-ring (bicyclic) bond motifs is 6. The molecule has 23 atom stereocenters. The highest BCUT2D eigenvalue weighted by Gasteiger charge is 2.74. The monoisotopic (exact) mass is 1500 g/mol. The molecule has 3 aliphatic heterocycles. The molecule has 0 aromatic heterocycles. The standard InChI is InChI=1S/C45H70O4.C38H56O4.C13H19NO2S/c1-12-40(7,13-2)27-49-38-31(5)25-45-29-47-28-42(38,9)36(45)20-19-34-35(45)21-22-44(11)37(39(46)48-26-33-17-15-14-16-18-33)41(8,32(6)30(3)4)23-24-43(34,44)10;1-24(2)26(4)34(5)18-19-36(7)28-14-15-30-35(6)22-41-23-38(30,20-25(3)32(35)39)29(28)16-17-37(36,8)31(34)33(40)42-21-27-12-10-9-11-13-27;1-4-13(5-2)10-14(13)17(15,16)12-8-6-11(3)7-9-12/h14-18,21,30-32,34,36-38H,12-13,19-20,22-29H2,1-11H3;9-13,16,24-26,28,30-32,39H,14-15,17-23H2,1-8H3;6-9H,4-5,10H2,1-3H3/t31-,32-,34+,36+,37-,38+,41-,42+,43-,44+,45+;25-,26-,28+,30+,31-,32+,34-,35+,36-,37+,38+;/m11./s1. The van der Waals surface area contributed by atoms with Crippen molar-refractivity contribution in [1.29, 1.82) is 0 Å². The Labute approximate surface area is 655 Å². The van der Waals surface area contributed by atoms with Crippen molar-refractivity contribution >= 4 is 22.0 Å². The van der Waals surface area contributed by atoms with Crippen LogP contribution in [0.4, 0.5) is 0 Å². The zero-order valence-electron chi connectivity index (χ0n) is 71.3. The fraction of sp³-hybridized carbons (Fsp3) is 0.750. The summed E-state index contributed by atoms with van der Waals surface area (Å²) >= 11 is 0. The number of esters is 2. The second kappa shape index (κ2) is 30.2. The number of aryl methyl sites for hydroxylation is 1. The lowest BCUT2D eigenvalue weighted by Gasteiger charge is -2.71. The van der Waals surface area contributed by atoms with E-state index in [4.69, 9.17) is 23.7 Å². The van der Waals surface area contributed by atoms with Crippen LogP contribution in [0.2, 0.25) is 0 Å². The van der Waals surface area contributed by atoms with Gasteiger partial charge in [0, 0.05) is 33.7 Å². The van der Waals surface area contributed by atoms with Crippen LogP contribution in [-0.2, 0) is 56.5 Å². The molecule has 14 rings (SSSR count). The average Bonchev–Trinajstić information content (AvgIpc) is 1.00. The molecule has 0 amide bonds. The number of aliphatic hydroxyl groups is 1. The van der Waals surface area contributed by atoms with Crippen LogP contribution in [0.15, 0.2) is 113 Å². The van der Waals surface area contributed by atoms with Gasteiger partial charge in [-0.15, -0.1) is 0 Å². The Bertz CT molecular complexity index is 3860. The molecule has 1 N–H and O–H groups in total. The molecule has 108 heavy (non-hydrogen) atoms. The summed E-state index contributed by atoms with van der Waals surface area (Å²) in [6.45, 7) is 56.8. The van der Waals surface area contributed by atoms with Gasteiger partial charge < -0.3 is 28.8 Å². The average molecular weight is 1510 g/mol. The minimum absolute atomic E-state index is 0.00338. The third-order valence-corrected chi connectivity index (χ3v) is 37.3. The van der Waals surface area contributed by atoms with Gasteiger partial charge in [-0.2, -0.15) is 4.31 Å². The van der Waals surface area contributed by atoms with E-state index < -0.39 is 10.0 Å². The summed E-state index contributed by atoms with van der Waals surface area (Å²) in [6.07, 6.45) is 22.3. The predicted octanol–water partition coefficient (Wildman–Crippen LogP) is 21.9. The quantitative estimate of drug-likeness (QED) is 0.0701. The molecule has 6 saturated carbocycles. The van der Waals surface area contributed by atoms with Crippen LogP contribution in [-0.4, -0.2) is 87.1 Å². The van der Waals surface area contributed by atoms with E-state index in [-0.39, 0.29) is 107 Å². The minimum atomic E-state index is -3.28. The normalized spacial score (nSPS) is 41.0. The smallest absolute Gasteiger partial charge is 0.310 e. The van der Waals surface area contributed by atoms with Crippen LogP contribution in [0, 0.1) is 138 Å². The van der Waals surface area contributed by atoms with E-state index in [0.717, 1.165) is 133 Å². The number of benzene rings is 3. The van der Waals surface area contributed by atoms with Gasteiger partial charge in [-0.25, -0.2) is 8.42 Å². The summed E-state index contributed by atoms with van der Waals surface area (Å²) in [4.78, 5) is 29.6. The number of carbonyl (C=O) groups is 2. The first-order valence-corrected chi connectivity index (χ1v) is 44.6. The number of hydrogen-bond acceptors (Lipinski definition) is 10. The molecular weight excluding hydrogens is 1360 g/mol. The highest BCUT2D eigenvalue weighted by molar-refractivity contribution is 7.89. The number of aliphatic hydroxyl groups excluding tert-OH is 1. The Balaban J connectivity index is 0.000000167. The lowest BCUT2D eigenvalue weighted by Crippen LogP contribution is -2.69. The van der Waals surface area contributed by atoms with Gasteiger partial charge in [0.15, 0.2) is 0 Å². The van der Waals surface area contributed by atoms with Gasteiger partial charge in [-0.1, -0.05) is 247 Å². The number of sulfonamides is 1. The fourth-order valence-corrected chi connectivity index (χ4v) is 28.9. The highest BCUT2D eigenvalue weighted by Crippen LogP contribution is 2.78. The zero-order chi connectivity index (χ0) is 78.6. The Kier molecular flexibility index (Phi) is 23.3. The lowest BCUT2D eigenvalue weighted by atomic mass is 9.34. The first-order chi connectivity index (χ1) is 50.8. The fourth-order valence-electron chi connectivity index (χ4n) is 27.0. The van der Waals surface area contributed by atoms with Crippen molar-refractivity contribution in [2.75, 3.05) is 39.6 Å². The second-order valence-corrected chi connectivity index (χ2v) is 42.9. The van der Waals surface area contributed by atoms with Gasteiger partial charge in [-0.3, -0.25) is 9.59 Å². The molecule has 3 heterocycles. The Morgan fingerprint density at radius 3 is 1.42 bits per heavy atom. The molecule has 11 aliphatic rings. The summed E-state index contributed by atoms with van der Waals surface area (Å²) < 4.78 is 59.2. The first kappa shape index (κ1) is 83.3. The van der Waals surface area contributed by atoms with E-state index in [1.165, 1.54) is 12.8 Å². The SMILES string of the molecule is CC(C)[C@@H](C)[C@@]1(C)CC[C@]2(C)[C@H]3CC[C@@H]4[C@@]5(COC[C@]4(C)[C@@H](O)[C@H](C)C5)C3=CC[C@@]2(C)[C@@H]1C(=O)OCc1ccccc1.CCC(C)(CC)CO[C@H]1[C@H](C)C[C@@]23COC[C@@]1(C)[C@@H]2CC[C@H]1C3=CC[C@@]2(C)[C@H](C(=O)OCc3ccccc3)[C@@](C)([C@H](C)C(C)C)CC[C@]12C.CCC1(CC)CN1S(=O)(=O)c1ccc(C)cc1. The van der Waals surface area contributed by atoms with Gasteiger partial charge in [0.1, 0.15) is 13.2 Å². The van der Waals surface area contributed by atoms with Gasteiger partial charge in [0.2, 0.25) is 10.0 Å². The molecule has 600 valence electrons. The van der Waals surface area contributed by atoms with Crippen molar-refractivity contribution in [1.82, 2.24) is 4.31 Å². The molecule has 3 aromatic rings. The molecule has 4 bridgehead atoms. The van der Waals surface area contributed by atoms with Crippen molar-refractivity contribution in [3.63, 3.8) is 0 Å². The molecular formula is C96H145NO10S. The number of ether oxygens (including phenoxy) is 5. The van der Waals surface area contributed by atoms with E-state index in [1.54, 1.807) is 27.6 Å². The molecule has 1 unspecified atom stereocenters. The van der Waals surface area contributed by atoms with Crippen LogP contribution >= 0.6 is 0 Å². The summed E-state index contributed by atoms with van der Waals surface area (Å²) in [6, 6.07) is 27.4. The number of hydrogen-bond donors (Lipinski definition) is 1. The number of rotatable bonds is 19. The molecule has 0 radical (unpaired) electrons. The topological polar surface area (TPSA) is 138 Å². The van der Waals surface area contributed by atoms with Gasteiger partial charge in [-0.05, 0) is 230 Å². The largest absolute Gasteiger partial charge is 0.461 e. The summed E-state index contributed by atoms with van der Waals surface area (Å²) in [7, 11) is -3.28. The predicted molar refractivity (Wildman–Crippen MR) is 435 cm³/mol. The summed E-state index contributed by atoms with van der Waals surface area (Å²) in [5, 5.41) is 11.4. The molecule has 0 spiro atoms. The third-order valence-electron chi connectivity index (χ3n) is 35.3. The van der Waals surface area contributed by atoms with E-state index in [0.29, 0.717) is 84.5 Å². The zero-order valence-corrected chi connectivity index (χ0v) is 72.1. The van der Waals surface area contributed by atoms with Crippen LogP contribution in [0.1, 0.15) is 265 Å². The number of allylic oxidation sites excluding steroid dienone is 2. The Morgan fingerprint density at radius 1 is 0.574 bits per heavy atom. The minimum Gasteiger partial charge on any atom is -0.461 e. The van der Waals surface area contributed by atoms with Crippen molar-refractivity contribution in [3.8, 4) is 0 Å². The van der Waals surface area contributed by atoms with Gasteiger partial charge in [0.05, 0.1) is 62.0 Å². The number of nitrogens with zero attached hydrogens (tertiary/aromatic N) is 1. The molecule has 8 aliphatic carbocycles. The van der Waals surface area contributed by atoms with E-state index in [2.05, 4.69) is 156 Å². The lowest BCUT2D eigenvalue weighted by molar-refractivity contribution is -0.254. The highest BCUT2D eigenvalue weighted by atomic mass is 32.2. The Morgan fingerprint density at radius 2 is 1.00 bits per heavy atom. The van der Waals surface area contributed by atoms with E-state index in [9.17, 15) is 23.1 Å². The van der Waals surface area contributed by atoms with Gasteiger partial charge >= 0.3 is 11.9 Å². The van der Waals surface area contributed by atoms with E-state index >= 15 is 0 Å². The second-order valence-electron chi connectivity index (χ2n) is 41.0. The van der Waals surface area contributed by atoms with Crippen molar-refractivity contribution in [2.24, 2.45) is 131 Å². The number of carbonyl (C=O) groups excluding carboxylic acids is 2.